The second-order valence-electron chi connectivity index (χ2n) is 3.33. The molecule has 5 nitrogen and oxygen atoms in total. The van der Waals surface area contributed by atoms with Gasteiger partial charge in [-0.3, -0.25) is 9.78 Å². The summed E-state index contributed by atoms with van der Waals surface area (Å²) in [6, 6.07) is 0. The maximum absolute atomic E-state index is 11.3. The molecular weight excluding hydrogens is 180 g/mol. The van der Waals surface area contributed by atoms with E-state index in [1.807, 2.05) is 21.0 Å². The van der Waals surface area contributed by atoms with Crippen LogP contribution in [0.25, 0.3) is 0 Å². The Morgan fingerprint density at radius 3 is 2.64 bits per heavy atom. The van der Waals surface area contributed by atoms with Crippen LogP contribution in [0.3, 0.4) is 0 Å². The summed E-state index contributed by atoms with van der Waals surface area (Å²) in [7, 11) is 3.67. The molecule has 1 N–H and O–H groups in total. The molecule has 0 aliphatic carbocycles. The zero-order valence-corrected chi connectivity index (χ0v) is 8.61. The van der Waals surface area contributed by atoms with E-state index in [1.165, 1.54) is 0 Å². The smallest absolute Gasteiger partial charge is 0.239 e. The molecule has 0 spiro atoms. The number of aromatic nitrogens is 2. The van der Waals surface area contributed by atoms with Gasteiger partial charge in [0.05, 0.1) is 24.6 Å². The van der Waals surface area contributed by atoms with E-state index in [1.54, 1.807) is 17.3 Å². The minimum atomic E-state index is -0.0897. The largest absolute Gasteiger partial charge is 0.308 e. The van der Waals surface area contributed by atoms with E-state index in [0.717, 1.165) is 5.69 Å². The molecule has 0 unspecified atom stereocenters. The molecule has 0 radical (unpaired) electrons. The summed E-state index contributed by atoms with van der Waals surface area (Å²) < 4.78 is 0. The van der Waals surface area contributed by atoms with Crippen molar-refractivity contribution in [2.24, 2.45) is 0 Å². The van der Waals surface area contributed by atoms with Crippen molar-refractivity contribution in [1.82, 2.24) is 14.9 Å². The molecular formula is C9H14N4O. The number of anilines is 1. The molecule has 5 heteroatoms. The van der Waals surface area contributed by atoms with E-state index < -0.39 is 0 Å². The van der Waals surface area contributed by atoms with Crippen molar-refractivity contribution in [3.8, 4) is 0 Å². The average Bonchev–Trinajstić information content (AvgIpc) is 2.07. The molecule has 0 atom stereocenters. The number of aryl methyl sites for hydroxylation is 1. The van der Waals surface area contributed by atoms with Gasteiger partial charge in [-0.2, -0.15) is 0 Å². The fraction of sp³-hybridized carbons (Fsp3) is 0.444. The number of carbonyl (C=O) groups is 1. The summed E-state index contributed by atoms with van der Waals surface area (Å²) in [6.45, 7) is 2.19. The first-order valence-corrected chi connectivity index (χ1v) is 4.31. The number of carbonyl (C=O) groups excluding carboxylic acids is 1. The Balaban J connectivity index is 2.52. The molecule has 0 aliphatic heterocycles. The van der Waals surface area contributed by atoms with Gasteiger partial charge in [0.2, 0.25) is 5.91 Å². The third kappa shape index (κ3) is 3.49. The molecule has 0 bridgehead atoms. The van der Waals surface area contributed by atoms with Crippen molar-refractivity contribution >= 4 is 11.7 Å². The van der Waals surface area contributed by atoms with Crippen molar-refractivity contribution < 1.29 is 4.79 Å². The molecule has 0 saturated heterocycles. The van der Waals surface area contributed by atoms with Gasteiger partial charge in [-0.25, -0.2) is 4.98 Å². The van der Waals surface area contributed by atoms with Gasteiger partial charge in [0.15, 0.2) is 5.82 Å². The number of likely N-dealkylation sites (N-methyl/N-ethyl adjacent to an activating group) is 1. The van der Waals surface area contributed by atoms with E-state index in [2.05, 4.69) is 15.3 Å². The van der Waals surface area contributed by atoms with Crippen molar-refractivity contribution in [2.45, 2.75) is 6.92 Å². The van der Waals surface area contributed by atoms with Crippen LogP contribution in [-0.2, 0) is 4.79 Å². The Bertz CT molecular complexity index is 307. The van der Waals surface area contributed by atoms with Crippen LogP contribution in [0.2, 0.25) is 0 Å². The van der Waals surface area contributed by atoms with Gasteiger partial charge in [0, 0.05) is 0 Å². The fourth-order valence-electron chi connectivity index (χ4n) is 0.927. The lowest BCUT2D eigenvalue weighted by molar-refractivity contribution is -0.116. The first kappa shape index (κ1) is 10.6. The Kier molecular flexibility index (Phi) is 3.53. The highest BCUT2D eigenvalue weighted by Gasteiger charge is 2.03. The second-order valence-corrected chi connectivity index (χ2v) is 3.33. The monoisotopic (exact) mass is 194 g/mol. The number of hydrogen-bond donors (Lipinski definition) is 1. The molecule has 1 aromatic heterocycles. The minimum Gasteiger partial charge on any atom is -0.308 e. The van der Waals surface area contributed by atoms with E-state index in [9.17, 15) is 4.79 Å². The summed E-state index contributed by atoms with van der Waals surface area (Å²) in [6.07, 6.45) is 3.16. The van der Waals surface area contributed by atoms with E-state index in [-0.39, 0.29) is 5.91 Å². The number of rotatable bonds is 3. The van der Waals surface area contributed by atoms with Gasteiger partial charge in [-0.1, -0.05) is 0 Å². The summed E-state index contributed by atoms with van der Waals surface area (Å²) in [4.78, 5) is 21.1. The average molecular weight is 194 g/mol. The maximum atomic E-state index is 11.3. The van der Waals surface area contributed by atoms with Crippen LogP contribution >= 0.6 is 0 Å². The highest BCUT2D eigenvalue weighted by atomic mass is 16.2. The van der Waals surface area contributed by atoms with Crippen LogP contribution in [0.4, 0.5) is 5.82 Å². The Labute approximate surface area is 83.2 Å². The lowest BCUT2D eigenvalue weighted by atomic mass is 10.5. The maximum Gasteiger partial charge on any atom is 0.239 e. The number of hydrogen-bond acceptors (Lipinski definition) is 4. The predicted molar refractivity (Wildman–Crippen MR) is 54.0 cm³/mol. The van der Waals surface area contributed by atoms with Gasteiger partial charge < -0.3 is 10.2 Å². The Hall–Kier alpha value is -1.49. The molecule has 0 aliphatic rings. The summed E-state index contributed by atoms with van der Waals surface area (Å²) >= 11 is 0. The van der Waals surface area contributed by atoms with Crippen LogP contribution < -0.4 is 5.32 Å². The first-order chi connectivity index (χ1) is 6.58. The number of nitrogens with zero attached hydrogens (tertiary/aromatic N) is 3. The fourth-order valence-corrected chi connectivity index (χ4v) is 0.927. The second kappa shape index (κ2) is 4.66. The SMILES string of the molecule is Cc1cnc(NC(=O)CN(C)C)cn1. The highest BCUT2D eigenvalue weighted by molar-refractivity contribution is 5.91. The van der Waals surface area contributed by atoms with Crippen LogP contribution in [0, 0.1) is 6.92 Å². The van der Waals surface area contributed by atoms with Crippen LogP contribution in [0.15, 0.2) is 12.4 Å². The zero-order chi connectivity index (χ0) is 10.6. The Morgan fingerprint density at radius 2 is 2.14 bits per heavy atom. The molecule has 76 valence electrons. The molecule has 0 aromatic carbocycles. The van der Waals surface area contributed by atoms with Crippen molar-refractivity contribution in [1.29, 1.82) is 0 Å². The highest BCUT2D eigenvalue weighted by Crippen LogP contribution is 1.99. The lowest BCUT2D eigenvalue weighted by Gasteiger charge is -2.08. The first-order valence-electron chi connectivity index (χ1n) is 4.31. The summed E-state index contributed by atoms with van der Waals surface area (Å²) in [5.74, 6) is 0.399. The zero-order valence-electron chi connectivity index (χ0n) is 8.61. The quantitative estimate of drug-likeness (QED) is 0.751. The normalized spacial score (nSPS) is 10.3. The Morgan fingerprint density at radius 1 is 1.43 bits per heavy atom. The predicted octanol–water partition coefficient (Wildman–Crippen LogP) is 0.285. The van der Waals surface area contributed by atoms with Crippen molar-refractivity contribution in [3.05, 3.63) is 18.1 Å². The summed E-state index contributed by atoms with van der Waals surface area (Å²) in [5.41, 5.74) is 0.829. The van der Waals surface area contributed by atoms with Gasteiger partial charge >= 0.3 is 0 Å². The lowest BCUT2D eigenvalue weighted by Crippen LogP contribution is -2.27. The van der Waals surface area contributed by atoms with Crippen LogP contribution in [0.5, 0.6) is 0 Å². The number of amides is 1. The molecule has 1 aromatic rings. The van der Waals surface area contributed by atoms with Gasteiger partial charge in [-0.05, 0) is 21.0 Å². The van der Waals surface area contributed by atoms with Crippen LogP contribution in [-0.4, -0.2) is 41.4 Å². The molecule has 0 saturated carbocycles. The third-order valence-corrected chi connectivity index (χ3v) is 1.51. The molecule has 14 heavy (non-hydrogen) atoms. The summed E-state index contributed by atoms with van der Waals surface area (Å²) in [5, 5.41) is 2.65. The minimum absolute atomic E-state index is 0.0897. The molecule has 1 heterocycles. The van der Waals surface area contributed by atoms with Gasteiger partial charge in [0.25, 0.3) is 0 Å². The van der Waals surface area contributed by atoms with E-state index in [0.29, 0.717) is 12.4 Å². The van der Waals surface area contributed by atoms with Crippen molar-refractivity contribution in [3.63, 3.8) is 0 Å². The van der Waals surface area contributed by atoms with Crippen molar-refractivity contribution in [2.75, 3.05) is 26.0 Å². The molecule has 0 fully saturated rings. The van der Waals surface area contributed by atoms with Crippen LogP contribution in [0.1, 0.15) is 5.69 Å². The third-order valence-electron chi connectivity index (χ3n) is 1.51. The molecule has 1 amide bonds. The molecule has 1 rings (SSSR count). The van der Waals surface area contributed by atoms with E-state index >= 15 is 0 Å². The topological polar surface area (TPSA) is 58.1 Å². The number of nitrogens with one attached hydrogen (secondary N) is 1. The van der Waals surface area contributed by atoms with Gasteiger partial charge in [0.1, 0.15) is 0 Å². The standard InChI is InChI=1S/C9H14N4O/c1-7-4-11-8(5-10-7)12-9(14)6-13(2)3/h4-5H,6H2,1-3H3,(H,11,12,14). The van der Waals surface area contributed by atoms with Gasteiger partial charge in [-0.15, -0.1) is 0 Å². The van der Waals surface area contributed by atoms with E-state index in [4.69, 9.17) is 0 Å².